The van der Waals surface area contributed by atoms with Crippen LogP contribution in [-0.2, 0) is 0 Å². The van der Waals surface area contributed by atoms with Gasteiger partial charge in [-0.05, 0) is 43.5 Å². The Morgan fingerprint density at radius 2 is 1.97 bits per heavy atom. The van der Waals surface area contributed by atoms with Crippen LogP contribution in [0, 0.1) is 5.41 Å². The Morgan fingerprint density at radius 1 is 1.21 bits per heavy atom. The molecule has 2 heterocycles. The molecule has 0 radical (unpaired) electrons. The van der Waals surface area contributed by atoms with Crippen LogP contribution in [-0.4, -0.2) is 29.3 Å². The molecule has 0 unspecified atom stereocenters. The fraction of sp³-hybridized carbons (Fsp3) is 0.318. The smallest absolute Gasteiger partial charge is 0.189 e. The van der Waals surface area contributed by atoms with Crippen LogP contribution in [0.2, 0.25) is 0 Å². The standard InChI is InChI=1S/C22H28N6S/c1-4-10-28(11-5-2)17-8-9-25-21(13-17)27-22-26-19-7-6-16(12-20(19)29-22)18(14-23)15(3)24/h6-9,12-14,23H,4-5,10-11,24H2,1-3H3,(H,25,26,27)/b18-15+,23-14?. The van der Waals surface area contributed by atoms with Crippen LogP contribution in [0.5, 0.6) is 0 Å². The molecule has 3 rings (SSSR count). The fourth-order valence-electron chi connectivity index (χ4n) is 3.27. The zero-order chi connectivity index (χ0) is 20.8. The van der Waals surface area contributed by atoms with Crippen molar-refractivity contribution in [2.45, 2.75) is 33.6 Å². The summed E-state index contributed by atoms with van der Waals surface area (Å²) in [6.45, 7) is 8.27. The average molecular weight is 409 g/mol. The number of nitrogens with two attached hydrogens (primary N) is 1. The largest absolute Gasteiger partial charge is 0.402 e. The number of hydrogen-bond donors (Lipinski definition) is 3. The van der Waals surface area contributed by atoms with Crippen LogP contribution in [0.3, 0.4) is 0 Å². The molecule has 0 aliphatic carbocycles. The molecule has 0 saturated carbocycles. The number of rotatable bonds is 9. The first-order chi connectivity index (χ1) is 14.0. The minimum atomic E-state index is 0.631. The van der Waals surface area contributed by atoms with E-state index in [0.717, 1.165) is 58.2 Å². The highest BCUT2D eigenvalue weighted by Crippen LogP contribution is 2.31. The molecule has 0 atom stereocenters. The lowest BCUT2D eigenvalue weighted by atomic mass is 10.1. The van der Waals surface area contributed by atoms with Gasteiger partial charge in [-0.2, -0.15) is 0 Å². The number of nitrogens with zero attached hydrogens (tertiary/aromatic N) is 3. The molecule has 4 N–H and O–H groups in total. The highest BCUT2D eigenvalue weighted by atomic mass is 32.1. The quantitative estimate of drug-likeness (QED) is 0.412. The number of anilines is 3. The Bertz CT molecular complexity index is 1010. The third-order valence-corrected chi connectivity index (χ3v) is 5.53. The second kappa shape index (κ2) is 9.52. The topological polar surface area (TPSA) is 90.9 Å². The van der Waals surface area contributed by atoms with E-state index in [9.17, 15) is 0 Å². The summed E-state index contributed by atoms with van der Waals surface area (Å²) in [5.41, 5.74) is 10.3. The van der Waals surface area contributed by atoms with Gasteiger partial charge in [0.05, 0.1) is 10.2 Å². The van der Waals surface area contributed by atoms with Crippen molar-refractivity contribution in [3.63, 3.8) is 0 Å². The highest BCUT2D eigenvalue weighted by molar-refractivity contribution is 7.22. The van der Waals surface area contributed by atoms with Gasteiger partial charge in [0.2, 0.25) is 0 Å². The van der Waals surface area contributed by atoms with Crippen molar-refractivity contribution in [2.24, 2.45) is 5.73 Å². The number of pyridine rings is 1. The Labute approximate surface area is 176 Å². The van der Waals surface area contributed by atoms with E-state index in [1.54, 1.807) is 11.3 Å². The summed E-state index contributed by atoms with van der Waals surface area (Å²) in [5.74, 6) is 0.789. The molecule has 0 saturated heterocycles. The van der Waals surface area contributed by atoms with E-state index < -0.39 is 0 Å². The van der Waals surface area contributed by atoms with Gasteiger partial charge in [0, 0.05) is 48.5 Å². The van der Waals surface area contributed by atoms with Gasteiger partial charge in [0.1, 0.15) is 5.82 Å². The molecule has 0 aliphatic heterocycles. The molecule has 6 nitrogen and oxygen atoms in total. The van der Waals surface area contributed by atoms with E-state index in [2.05, 4.69) is 46.2 Å². The number of thiazole rings is 1. The van der Waals surface area contributed by atoms with Gasteiger partial charge in [0.15, 0.2) is 5.13 Å². The number of aromatic nitrogens is 2. The summed E-state index contributed by atoms with van der Waals surface area (Å²) in [4.78, 5) is 11.5. The SMILES string of the molecule is CCCN(CCC)c1ccnc(Nc2nc3ccc(/C(C=N)=C(\C)N)cc3s2)c1. The molecule has 0 aliphatic rings. The van der Waals surface area contributed by atoms with E-state index in [1.165, 1.54) is 11.9 Å². The summed E-state index contributed by atoms with van der Waals surface area (Å²) in [6, 6.07) is 10.1. The van der Waals surface area contributed by atoms with Crippen LogP contribution in [0.1, 0.15) is 39.2 Å². The summed E-state index contributed by atoms with van der Waals surface area (Å²) >= 11 is 1.57. The maximum absolute atomic E-state index is 7.60. The maximum Gasteiger partial charge on any atom is 0.189 e. The van der Waals surface area contributed by atoms with E-state index in [0.29, 0.717) is 5.70 Å². The summed E-state index contributed by atoms with van der Waals surface area (Å²) < 4.78 is 1.04. The Hall–Kier alpha value is -2.93. The normalized spacial score (nSPS) is 12.0. The number of hydrogen-bond acceptors (Lipinski definition) is 7. The number of benzene rings is 1. The first-order valence-electron chi connectivity index (χ1n) is 9.91. The molecule has 0 bridgehead atoms. The fourth-order valence-corrected chi connectivity index (χ4v) is 4.19. The predicted molar refractivity (Wildman–Crippen MR) is 125 cm³/mol. The lowest BCUT2D eigenvalue weighted by molar-refractivity contribution is 0.744. The Morgan fingerprint density at radius 3 is 2.62 bits per heavy atom. The van der Waals surface area contributed by atoms with Crippen LogP contribution < -0.4 is 16.0 Å². The van der Waals surface area contributed by atoms with Crippen LogP contribution in [0.15, 0.2) is 42.2 Å². The molecule has 0 fully saturated rings. The molecule has 1 aromatic carbocycles. The Balaban J connectivity index is 1.86. The molecule has 152 valence electrons. The zero-order valence-corrected chi connectivity index (χ0v) is 18.0. The van der Waals surface area contributed by atoms with Gasteiger partial charge in [0.25, 0.3) is 0 Å². The second-order valence-electron chi connectivity index (χ2n) is 6.95. The van der Waals surface area contributed by atoms with Crippen molar-refractivity contribution in [3.8, 4) is 0 Å². The van der Waals surface area contributed by atoms with Gasteiger partial charge in [-0.3, -0.25) is 0 Å². The molecule has 29 heavy (non-hydrogen) atoms. The molecular formula is C22H28N6S. The highest BCUT2D eigenvalue weighted by Gasteiger charge is 2.10. The van der Waals surface area contributed by atoms with E-state index in [-0.39, 0.29) is 0 Å². The molecule has 7 heteroatoms. The van der Waals surface area contributed by atoms with E-state index in [4.69, 9.17) is 11.1 Å². The lowest BCUT2D eigenvalue weighted by Crippen LogP contribution is -2.24. The van der Waals surface area contributed by atoms with Gasteiger partial charge >= 0.3 is 0 Å². The van der Waals surface area contributed by atoms with E-state index >= 15 is 0 Å². The molecule has 3 aromatic rings. The number of fused-ring (bicyclic) bond motifs is 1. The van der Waals surface area contributed by atoms with Crippen LogP contribution in [0.4, 0.5) is 16.6 Å². The molecule has 0 amide bonds. The third-order valence-electron chi connectivity index (χ3n) is 4.60. The minimum Gasteiger partial charge on any atom is -0.402 e. The van der Waals surface area contributed by atoms with Crippen LogP contribution in [0.25, 0.3) is 15.8 Å². The van der Waals surface area contributed by atoms with Gasteiger partial charge < -0.3 is 21.4 Å². The van der Waals surface area contributed by atoms with Gasteiger partial charge in [-0.1, -0.05) is 31.3 Å². The van der Waals surface area contributed by atoms with Crippen molar-refractivity contribution in [3.05, 3.63) is 47.8 Å². The average Bonchev–Trinajstić information content (AvgIpc) is 3.10. The van der Waals surface area contributed by atoms with Crippen molar-refractivity contribution >= 4 is 50.0 Å². The second-order valence-corrected chi connectivity index (χ2v) is 7.98. The first-order valence-corrected chi connectivity index (χ1v) is 10.7. The van der Waals surface area contributed by atoms with Crippen LogP contribution >= 0.6 is 11.3 Å². The summed E-state index contributed by atoms with van der Waals surface area (Å²) in [7, 11) is 0. The summed E-state index contributed by atoms with van der Waals surface area (Å²) in [5, 5.41) is 11.7. The molecular weight excluding hydrogens is 380 g/mol. The molecule has 2 aromatic heterocycles. The van der Waals surface area contributed by atoms with Crippen molar-refractivity contribution in [1.29, 1.82) is 5.41 Å². The maximum atomic E-state index is 7.60. The zero-order valence-electron chi connectivity index (χ0n) is 17.2. The third kappa shape index (κ3) is 4.92. The summed E-state index contributed by atoms with van der Waals surface area (Å²) in [6.07, 6.45) is 5.36. The molecule has 0 spiro atoms. The minimum absolute atomic E-state index is 0.631. The monoisotopic (exact) mass is 408 g/mol. The van der Waals surface area contributed by atoms with Crippen molar-refractivity contribution in [1.82, 2.24) is 9.97 Å². The first kappa shape index (κ1) is 20.8. The van der Waals surface area contributed by atoms with E-state index in [1.807, 2.05) is 31.3 Å². The number of allylic oxidation sites excluding steroid dienone is 2. The Kier molecular flexibility index (Phi) is 6.82. The van der Waals surface area contributed by atoms with Gasteiger partial charge in [-0.15, -0.1) is 0 Å². The predicted octanol–water partition coefficient (Wildman–Crippen LogP) is 5.40. The lowest BCUT2D eigenvalue weighted by Gasteiger charge is -2.24. The van der Waals surface area contributed by atoms with Crippen molar-refractivity contribution in [2.75, 3.05) is 23.3 Å². The van der Waals surface area contributed by atoms with Gasteiger partial charge in [-0.25, -0.2) is 9.97 Å². The van der Waals surface area contributed by atoms with Crippen molar-refractivity contribution < 1.29 is 0 Å². The number of nitrogens with one attached hydrogen (secondary N) is 2.